The minimum absolute atomic E-state index is 0.0557. The molecular weight excluding hydrogens is 556 g/mol. The fourth-order valence-electron chi connectivity index (χ4n) is 4.11. The van der Waals surface area contributed by atoms with Crippen LogP contribution in [0.25, 0.3) is 0 Å². The highest BCUT2D eigenvalue weighted by Gasteiger charge is 2.26. The first-order chi connectivity index (χ1) is 19.8. The molecule has 0 bridgehead atoms. The molecule has 0 spiro atoms. The Bertz CT molecular complexity index is 1700. The van der Waals surface area contributed by atoms with Gasteiger partial charge in [0.05, 0.1) is 23.3 Å². The van der Waals surface area contributed by atoms with Gasteiger partial charge in [-0.25, -0.2) is 8.42 Å². The second-order valence-corrected chi connectivity index (χ2v) is 11.9. The molecule has 0 radical (unpaired) electrons. The molecule has 0 saturated carbocycles. The topological polar surface area (TPSA) is 72.1 Å². The van der Waals surface area contributed by atoms with Crippen LogP contribution in [0.4, 0.5) is 5.69 Å². The Balaban J connectivity index is 1.27. The van der Waals surface area contributed by atoms with Crippen LogP contribution in [-0.2, 0) is 29.7 Å². The summed E-state index contributed by atoms with van der Waals surface area (Å²) in [6.07, 6.45) is 1.61. The third kappa shape index (κ3) is 7.73. The third-order valence-electron chi connectivity index (χ3n) is 6.37. The maximum Gasteiger partial charge on any atom is 0.243 e. The summed E-state index contributed by atoms with van der Waals surface area (Å²) in [5.41, 5.74) is 3.81. The first-order valence-electron chi connectivity index (χ1n) is 13.1. The maximum absolute atomic E-state index is 13.6. The van der Waals surface area contributed by atoms with Gasteiger partial charge in [-0.05, 0) is 78.7 Å². The molecular formula is C33H29ClN2O4S. The summed E-state index contributed by atoms with van der Waals surface area (Å²) in [6.45, 7) is 2.73. The van der Waals surface area contributed by atoms with Gasteiger partial charge in [0.2, 0.25) is 10.0 Å². The van der Waals surface area contributed by atoms with E-state index >= 15 is 0 Å². The number of aliphatic imine (C=N–C) groups is 1. The van der Waals surface area contributed by atoms with E-state index in [0.717, 1.165) is 28.1 Å². The van der Waals surface area contributed by atoms with Crippen molar-refractivity contribution in [3.05, 3.63) is 148 Å². The largest absolute Gasteiger partial charge is 0.489 e. The van der Waals surface area contributed by atoms with Gasteiger partial charge in [-0.1, -0.05) is 71.8 Å². The van der Waals surface area contributed by atoms with Crippen LogP contribution < -0.4 is 4.74 Å². The van der Waals surface area contributed by atoms with Crippen LogP contribution in [0.2, 0.25) is 5.02 Å². The van der Waals surface area contributed by atoms with Crippen LogP contribution >= 0.6 is 11.6 Å². The van der Waals surface area contributed by atoms with Gasteiger partial charge >= 0.3 is 0 Å². The summed E-state index contributed by atoms with van der Waals surface area (Å²) >= 11 is 6.00. The van der Waals surface area contributed by atoms with Gasteiger partial charge in [-0.3, -0.25) is 4.99 Å². The van der Waals surface area contributed by atoms with Crippen LogP contribution in [0.1, 0.15) is 28.2 Å². The molecule has 0 N–H and O–H groups in total. The second-order valence-electron chi connectivity index (χ2n) is 9.54. The Morgan fingerprint density at radius 3 is 2.22 bits per heavy atom. The molecule has 0 atom stereocenters. The summed E-state index contributed by atoms with van der Waals surface area (Å²) in [5, 5.41) is 0.471. The second kappa shape index (κ2) is 13.0. The lowest BCUT2D eigenvalue weighted by atomic mass is 10.1. The molecule has 208 valence electrons. The number of halogens is 1. The van der Waals surface area contributed by atoms with Crippen molar-refractivity contribution in [3.8, 4) is 5.75 Å². The van der Waals surface area contributed by atoms with E-state index in [-0.39, 0.29) is 18.0 Å². The Labute approximate surface area is 245 Å². The third-order valence-corrected chi connectivity index (χ3v) is 8.43. The fraction of sp³-hybridized carbons (Fsp3) is 0.121. The molecule has 1 heterocycles. The van der Waals surface area contributed by atoms with Gasteiger partial charge in [0.15, 0.2) is 0 Å². The molecule has 0 unspecified atom stereocenters. The van der Waals surface area contributed by atoms with Crippen molar-refractivity contribution in [2.45, 2.75) is 31.5 Å². The van der Waals surface area contributed by atoms with Gasteiger partial charge in [-0.15, -0.1) is 0 Å². The molecule has 41 heavy (non-hydrogen) atoms. The number of ether oxygens (including phenoxy) is 1. The minimum atomic E-state index is -3.83. The Morgan fingerprint density at radius 1 is 0.805 bits per heavy atom. The average Bonchev–Trinajstić information content (AvgIpc) is 3.44. The number of hydrogen-bond acceptors (Lipinski definition) is 5. The first-order valence-corrected chi connectivity index (χ1v) is 14.9. The monoisotopic (exact) mass is 584 g/mol. The maximum atomic E-state index is 13.6. The van der Waals surface area contributed by atoms with E-state index < -0.39 is 10.0 Å². The lowest BCUT2D eigenvalue weighted by Gasteiger charge is -2.21. The lowest BCUT2D eigenvalue weighted by Crippen LogP contribution is -2.30. The van der Waals surface area contributed by atoms with Crippen LogP contribution in [0.5, 0.6) is 5.75 Å². The highest BCUT2D eigenvalue weighted by Crippen LogP contribution is 2.24. The van der Waals surface area contributed by atoms with Crippen molar-refractivity contribution >= 4 is 33.5 Å². The van der Waals surface area contributed by atoms with E-state index in [1.54, 1.807) is 30.5 Å². The van der Waals surface area contributed by atoms with Crippen molar-refractivity contribution in [1.82, 2.24) is 4.31 Å². The van der Waals surface area contributed by atoms with Crippen molar-refractivity contribution in [3.63, 3.8) is 0 Å². The summed E-state index contributed by atoms with van der Waals surface area (Å²) < 4.78 is 40.4. The standard InChI is InChI=1S/C33H29ClN2O4S/c1-25-7-9-26(10-8-25)22-36(41(37,38)33-19-11-28(34)12-20-33)23-32-18-17-31(40-32)21-35-29-13-15-30(16-14-29)39-24-27-5-3-2-4-6-27/h2-21H,22-24H2,1H3. The van der Waals surface area contributed by atoms with Crippen molar-refractivity contribution in [1.29, 1.82) is 0 Å². The Kier molecular flexibility index (Phi) is 8.99. The van der Waals surface area contributed by atoms with Crippen LogP contribution in [-0.4, -0.2) is 18.9 Å². The van der Waals surface area contributed by atoms with Gasteiger partial charge in [0.25, 0.3) is 0 Å². The molecule has 0 saturated heterocycles. The number of rotatable bonds is 11. The highest BCUT2D eigenvalue weighted by molar-refractivity contribution is 7.89. The lowest BCUT2D eigenvalue weighted by molar-refractivity contribution is 0.306. The van der Waals surface area contributed by atoms with Gasteiger partial charge < -0.3 is 9.15 Å². The van der Waals surface area contributed by atoms with E-state index in [1.165, 1.54) is 16.4 Å². The average molecular weight is 585 g/mol. The van der Waals surface area contributed by atoms with Crippen molar-refractivity contribution in [2.75, 3.05) is 0 Å². The van der Waals surface area contributed by atoms with Gasteiger partial charge in [0, 0.05) is 11.6 Å². The van der Waals surface area contributed by atoms with Gasteiger partial charge in [0.1, 0.15) is 23.9 Å². The molecule has 0 amide bonds. The summed E-state index contributed by atoms with van der Waals surface area (Å²) in [5.74, 6) is 1.77. The number of nitrogens with zero attached hydrogens (tertiary/aromatic N) is 2. The van der Waals surface area contributed by atoms with E-state index in [1.807, 2.05) is 85.8 Å². The molecule has 0 aliphatic carbocycles. The number of furan rings is 1. The molecule has 4 aromatic carbocycles. The molecule has 8 heteroatoms. The quantitative estimate of drug-likeness (QED) is 0.148. The van der Waals surface area contributed by atoms with E-state index in [0.29, 0.717) is 23.2 Å². The van der Waals surface area contributed by atoms with Gasteiger partial charge in [-0.2, -0.15) is 4.31 Å². The molecule has 0 aliphatic rings. The van der Waals surface area contributed by atoms with E-state index in [2.05, 4.69) is 4.99 Å². The SMILES string of the molecule is Cc1ccc(CN(Cc2ccc(C=Nc3ccc(OCc4ccccc4)cc3)o2)S(=O)(=O)c2ccc(Cl)cc2)cc1. The van der Waals surface area contributed by atoms with Crippen LogP contribution in [0, 0.1) is 6.92 Å². The number of sulfonamides is 1. The summed E-state index contributed by atoms with van der Waals surface area (Å²) in [6, 6.07) is 34.9. The Hall–Kier alpha value is -4.17. The number of aryl methyl sites for hydroxylation is 1. The van der Waals surface area contributed by atoms with E-state index in [9.17, 15) is 8.42 Å². The van der Waals surface area contributed by atoms with E-state index in [4.69, 9.17) is 20.8 Å². The first kappa shape index (κ1) is 28.4. The van der Waals surface area contributed by atoms with Crippen LogP contribution in [0.15, 0.2) is 130 Å². The number of benzene rings is 4. The fourth-order valence-corrected chi connectivity index (χ4v) is 5.63. The molecule has 0 aliphatic heterocycles. The molecule has 1 aromatic heterocycles. The minimum Gasteiger partial charge on any atom is -0.489 e. The normalized spacial score (nSPS) is 11.8. The highest BCUT2D eigenvalue weighted by atomic mass is 35.5. The summed E-state index contributed by atoms with van der Waals surface area (Å²) in [7, 11) is -3.83. The predicted molar refractivity (Wildman–Crippen MR) is 162 cm³/mol. The Morgan fingerprint density at radius 2 is 1.51 bits per heavy atom. The zero-order valence-corrected chi connectivity index (χ0v) is 24.1. The van der Waals surface area contributed by atoms with Crippen LogP contribution in [0.3, 0.4) is 0 Å². The number of hydrogen-bond donors (Lipinski definition) is 0. The predicted octanol–water partition coefficient (Wildman–Crippen LogP) is 7.96. The molecule has 5 aromatic rings. The molecule has 6 nitrogen and oxygen atoms in total. The zero-order chi connectivity index (χ0) is 28.7. The summed E-state index contributed by atoms with van der Waals surface area (Å²) in [4.78, 5) is 4.66. The molecule has 5 rings (SSSR count). The van der Waals surface area contributed by atoms with Crippen molar-refractivity contribution in [2.24, 2.45) is 4.99 Å². The molecule has 0 fully saturated rings. The zero-order valence-electron chi connectivity index (χ0n) is 22.5. The smallest absolute Gasteiger partial charge is 0.243 e. The van der Waals surface area contributed by atoms with Crippen molar-refractivity contribution < 1.29 is 17.6 Å².